The van der Waals surface area contributed by atoms with E-state index in [4.69, 9.17) is 9.47 Å². The zero-order valence-corrected chi connectivity index (χ0v) is 13.0. The molecule has 0 unspecified atom stereocenters. The smallest absolute Gasteiger partial charge is 0.274 e. The van der Waals surface area contributed by atoms with Crippen molar-refractivity contribution in [1.82, 2.24) is 5.43 Å². The zero-order chi connectivity index (χ0) is 16.9. The molecule has 0 saturated heterocycles. The van der Waals surface area contributed by atoms with Crippen LogP contribution in [0.1, 0.15) is 22.8 Å². The van der Waals surface area contributed by atoms with E-state index in [1.807, 2.05) is 24.3 Å². The van der Waals surface area contributed by atoms with Crippen LogP contribution in [0, 0.1) is 5.82 Å². The monoisotopic (exact) mass is 326 g/mol. The van der Waals surface area contributed by atoms with E-state index in [0.29, 0.717) is 11.5 Å². The Bertz CT molecular complexity index is 831. The van der Waals surface area contributed by atoms with E-state index in [1.54, 1.807) is 19.1 Å². The van der Waals surface area contributed by atoms with Crippen molar-refractivity contribution in [2.75, 3.05) is 6.79 Å². The molecule has 2 aromatic rings. The second kappa shape index (κ2) is 6.95. The summed E-state index contributed by atoms with van der Waals surface area (Å²) in [6.45, 7) is 1.95. The Hall–Kier alpha value is -3.15. The van der Waals surface area contributed by atoms with Crippen LogP contribution in [0.4, 0.5) is 4.39 Å². The number of benzene rings is 2. The highest BCUT2D eigenvalue weighted by Crippen LogP contribution is 2.32. The van der Waals surface area contributed by atoms with Crippen molar-refractivity contribution in [2.45, 2.75) is 6.92 Å². The van der Waals surface area contributed by atoms with Crippen LogP contribution in [-0.4, -0.2) is 18.4 Å². The van der Waals surface area contributed by atoms with Crippen LogP contribution in [0.5, 0.6) is 11.5 Å². The van der Waals surface area contributed by atoms with Gasteiger partial charge in [0.05, 0.1) is 11.3 Å². The van der Waals surface area contributed by atoms with Crippen molar-refractivity contribution in [3.63, 3.8) is 0 Å². The summed E-state index contributed by atoms with van der Waals surface area (Å²) in [6, 6.07) is 11.3. The molecule has 0 spiro atoms. The van der Waals surface area contributed by atoms with Crippen molar-refractivity contribution < 1.29 is 18.7 Å². The number of nitrogens with one attached hydrogen (secondary N) is 1. The molecule has 3 rings (SSSR count). The number of carbonyl (C=O) groups excluding carboxylic acids is 1. The van der Waals surface area contributed by atoms with Gasteiger partial charge in [0.25, 0.3) is 5.91 Å². The van der Waals surface area contributed by atoms with E-state index >= 15 is 0 Å². The predicted octanol–water partition coefficient (Wildman–Crippen LogP) is 3.37. The van der Waals surface area contributed by atoms with Gasteiger partial charge in [0, 0.05) is 0 Å². The molecule has 0 aromatic heterocycles. The van der Waals surface area contributed by atoms with E-state index in [-0.39, 0.29) is 12.4 Å². The lowest BCUT2D eigenvalue weighted by Crippen LogP contribution is -2.19. The van der Waals surface area contributed by atoms with Crippen LogP contribution in [0.25, 0.3) is 6.08 Å². The minimum absolute atomic E-state index is 0.0474. The Kier molecular flexibility index (Phi) is 4.56. The normalized spacial score (nSPS) is 13.3. The lowest BCUT2D eigenvalue weighted by atomic mass is 10.2. The largest absolute Gasteiger partial charge is 0.454 e. The van der Waals surface area contributed by atoms with E-state index < -0.39 is 11.7 Å². The Morgan fingerprint density at radius 1 is 1.21 bits per heavy atom. The Labute approximate surface area is 138 Å². The standard InChI is InChI=1S/C18H15FN2O3/c1-12(20-21-18(22)14-4-2-3-5-15(14)19)6-7-13-8-9-16-17(10-13)24-11-23-16/h2-10H,11H2,1H3,(H,21,22). The Morgan fingerprint density at radius 2 is 2.00 bits per heavy atom. The number of rotatable bonds is 4. The molecule has 24 heavy (non-hydrogen) atoms. The summed E-state index contributed by atoms with van der Waals surface area (Å²) in [5.41, 5.74) is 3.76. The van der Waals surface area contributed by atoms with Gasteiger partial charge in [0.15, 0.2) is 11.5 Å². The molecule has 0 aliphatic carbocycles. The first-order valence-electron chi connectivity index (χ1n) is 7.30. The molecular weight excluding hydrogens is 311 g/mol. The van der Waals surface area contributed by atoms with Crippen molar-refractivity contribution in [2.24, 2.45) is 5.10 Å². The molecule has 1 heterocycles. The van der Waals surface area contributed by atoms with Crippen LogP contribution < -0.4 is 14.9 Å². The molecule has 0 radical (unpaired) electrons. The van der Waals surface area contributed by atoms with Gasteiger partial charge in [0.2, 0.25) is 6.79 Å². The van der Waals surface area contributed by atoms with Crippen molar-refractivity contribution >= 4 is 17.7 Å². The fourth-order valence-electron chi connectivity index (χ4n) is 2.12. The Morgan fingerprint density at radius 3 is 2.83 bits per heavy atom. The first-order chi connectivity index (χ1) is 11.6. The number of carbonyl (C=O) groups is 1. The van der Waals surface area contributed by atoms with E-state index in [0.717, 1.165) is 11.3 Å². The number of fused-ring (bicyclic) bond motifs is 1. The van der Waals surface area contributed by atoms with Gasteiger partial charge in [-0.05, 0) is 42.8 Å². The van der Waals surface area contributed by atoms with Gasteiger partial charge in [-0.2, -0.15) is 5.10 Å². The number of ether oxygens (including phenoxy) is 2. The summed E-state index contributed by atoms with van der Waals surface area (Å²) >= 11 is 0. The van der Waals surface area contributed by atoms with E-state index in [2.05, 4.69) is 10.5 Å². The maximum atomic E-state index is 13.5. The lowest BCUT2D eigenvalue weighted by Gasteiger charge is -2.01. The molecule has 0 bridgehead atoms. The second-order valence-electron chi connectivity index (χ2n) is 5.12. The third-order valence-corrected chi connectivity index (χ3v) is 3.37. The number of amides is 1. The first-order valence-corrected chi connectivity index (χ1v) is 7.30. The van der Waals surface area contributed by atoms with Gasteiger partial charge in [-0.1, -0.05) is 24.3 Å². The predicted molar refractivity (Wildman–Crippen MR) is 88.6 cm³/mol. The molecule has 0 fully saturated rings. The average molecular weight is 326 g/mol. The minimum Gasteiger partial charge on any atom is -0.454 e. The van der Waals surface area contributed by atoms with Gasteiger partial charge in [0.1, 0.15) is 5.82 Å². The molecular formula is C18H15FN2O3. The molecule has 1 amide bonds. The first kappa shape index (κ1) is 15.7. The molecule has 1 N–H and O–H groups in total. The summed E-state index contributed by atoms with van der Waals surface area (Å²) in [4.78, 5) is 11.9. The summed E-state index contributed by atoms with van der Waals surface area (Å²) in [6.07, 6.45) is 3.56. The summed E-state index contributed by atoms with van der Waals surface area (Å²) in [5, 5.41) is 3.94. The summed E-state index contributed by atoms with van der Waals surface area (Å²) in [7, 11) is 0. The van der Waals surface area contributed by atoms with Crippen molar-refractivity contribution in [1.29, 1.82) is 0 Å². The molecule has 0 saturated carbocycles. The third kappa shape index (κ3) is 3.60. The molecule has 122 valence electrons. The van der Waals surface area contributed by atoms with Gasteiger partial charge in [-0.15, -0.1) is 0 Å². The number of allylic oxidation sites excluding steroid dienone is 1. The molecule has 5 nitrogen and oxygen atoms in total. The molecule has 2 aromatic carbocycles. The topological polar surface area (TPSA) is 59.9 Å². The SMILES string of the molecule is CC(C=Cc1ccc2c(c1)OCO2)=NNC(=O)c1ccccc1F. The number of hydrogen-bond acceptors (Lipinski definition) is 4. The summed E-state index contributed by atoms with van der Waals surface area (Å²) in [5.74, 6) is 0.233. The van der Waals surface area contributed by atoms with Gasteiger partial charge < -0.3 is 9.47 Å². The van der Waals surface area contributed by atoms with Gasteiger partial charge >= 0.3 is 0 Å². The summed E-state index contributed by atoms with van der Waals surface area (Å²) < 4.78 is 24.1. The molecule has 0 atom stereocenters. The second-order valence-corrected chi connectivity index (χ2v) is 5.12. The highest BCUT2D eigenvalue weighted by molar-refractivity contribution is 5.99. The van der Waals surface area contributed by atoms with Gasteiger partial charge in [-0.25, -0.2) is 9.82 Å². The van der Waals surface area contributed by atoms with E-state index in [9.17, 15) is 9.18 Å². The minimum atomic E-state index is -0.594. The fourth-order valence-corrected chi connectivity index (χ4v) is 2.12. The number of hydrazone groups is 1. The van der Waals surface area contributed by atoms with Crippen LogP contribution in [0.3, 0.4) is 0 Å². The third-order valence-electron chi connectivity index (χ3n) is 3.37. The van der Waals surface area contributed by atoms with Crippen molar-refractivity contribution in [3.8, 4) is 11.5 Å². The van der Waals surface area contributed by atoms with E-state index in [1.165, 1.54) is 18.2 Å². The van der Waals surface area contributed by atoms with Gasteiger partial charge in [-0.3, -0.25) is 4.79 Å². The molecule has 1 aliphatic heterocycles. The maximum Gasteiger partial charge on any atom is 0.274 e. The van der Waals surface area contributed by atoms with Crippen molar-refractivity contribution in [3.05, 3.63) is 65.5 Å². The number of hydrogen-bond donors (Lipinski definition) is 1. The fraction of sp³-hybridized carbons (Fsp3) is 0.111. The zero-order valence-electron chi connectivity index (χ0n) is 13.0. The molecule has 1 aliphatic rings. The Balaban J connectivity index is 1.64. The highest BCUT2D eigenvalue weighted by Gasteiger charge is 2.12. The quantitative estimate of drug-likeness (QED) is 0.692. The van der Waals surface area contributed by atoms with Crippen LogP contribution in [0.2, 0.25) is 0 Å². The molecule has 6 heteroatoms. The highest BCUT2D eigenvalue weighted by atomic mass is 19.1. The van der Waals surface area contributed by atoms with Crippen LogP contribution in [-0.2, 0) is 0 Å². The van der Waals surface area contributed by atoms with Crippen LogP contribution >= 0.6 is 0 Å². The maximum absolute atomic E-state index is 13.5. The lowest BCUT2D eigenvalue weighted by molar-refractivity contribution is 0.0951. The van der Waals surface area contributed by atoms with Crippen LogP contribution in [0.15, 0.2) is 53.6 Å². The number of nitrogens with zero attached hydrogens (tertiary/aromatic N) is 1. The number of halogens is 1. The average Bonchev–Trinajstić information content (AvgIpc) is 3.06.